The summed E-state index contributed by atoms with van der Waals surface area (Å²) in [6.45, 7) is 0.653. The lowest BCUT2D eigenvalue weighted by Crippen LogP contribution is -2.34. The van der Waals surface area contributed by atoms with E-state index in [1.54, 1.807) is 18.1 Å². The summed E-state index contributed by atoms with van der Waals surface area (Å²) < 4.78 is 0. The molecule has 1 saturated carbocycles. The van der Waals surface area contributed by atoms with Gasteiger partial charge in [0.1, 0.15) is 0 Å². The summed E-state index contributed by atoms with van der Waals surface area (Å²) in [7, 11) is 1.79. The van der Waals surface area contributed by atoms with Crippen molar-refractivity contribution in [3.8, 4) is 0 Å². The molecule has 18 heavy (non-hydrogen) atoms. The predicted octanol–water partition coefficient (Wildman–Crippen LogP) is -0.491. The largest absolute Gasteiger partial charge is 0.391 e. The molecular formula is C12H20N4O2. The molecule has 6 nitrogen and oxygen atoms in total. The SMILES string of the molecule is CN(CCc1cn[nH]c1)C(=O)[C@H]1C[C@@H](N)[C@H](O)C1. The number of rotatable bonds is 4. The van der Waals surface area contributed by atoms with E-state index in [1.165, 1.54) is 0 Å². The minimum atomic E-state index is -0.541. The summed E-state index contributed by atoms with van der Waals surface area (Å²) in [4.78, 5) is 13.8. The van der Waals surface area contributed by atoms with Gasteiger partial charge < -0.3 is 15.7 Å². The molecule has 1 amide bonds. The molecule has 0 spiro atoms. The highest BCUT2D eigenvalue weighted by molar-refractivity contribution is 5.79. The van der Waals surface area contributed by atoms with E-state index in [-0.39, 0.29) is 17.9 Å². The Bertz CT molecular complexity index is 383. The summed E-state index contributed by atoms with van der Waals surface area (Å²) in [5, 5.41) is 16.2. The predicted molar refractivity (Wildman–Crippen MR) is 66.6 cm³/mol. The molecule has 4 N–H and O–H groups in total. The van der Waals surface area contributed by atoms with Crippen LogP contribution in [0.1, 0.15) is 18.4 Å². The van der Waals surface area contributed by atoms with E-state index in [0.29, 0.717) is 19.4 Å². The van der Waals surface area contributed by atoms with Crippen molar-refractivity contribution in [2.45, 2.75) is 31.4 Å². The number of likely N-dealkylation sites (N-methyl/N-ethyl adjacent to an activating group) is 1. The van der Waals surface area contributed by atoms with E-state index >= 15 is 0 Å². The van der Waals surface area contributed by atoms with Gasteiger partial charge in [-0.3, -0.25) is 9.89 Å². The van der Waals surface area contributed by atoms with E-state index in [0.717, 1.165) is 12.0 Å². The maximum Gasteiger partial charge on any atom is 0.225 e. The lowest BCUT2D eigenvalue weighted by atomic mass is 10.1. The third kappa shape index (κ3) is 2.88. The Hall–Kier alpha value is -1.40. The highest BCUT2D eigenvalue weighted by Crippen LogP contribution is 2.26. The highest BCUT2D eigenvalue weighted by atomic mass is 16.3. The van der Waals surface area contributed by atoms with Crippen molar-refractivity contribution >= 4 is 5.91 Å². The van der Waals surface area contributed by atoms with Crippen LogP contribution in [0.3, 0.4) is 0 Å². The zero-order valence-corrected chi connectivity index (χ0v) is 10.5. The summed E-state index contributed by atoms with van der Waals surface area (Å²) >= 11 is 0. The lowest BCUT2D eigenvalue weighted by Gasteiger charge is -2.20. The van der Waals surface area contributed by atoms with Gasteiger partial charge in [-0.15, -0.1) is 0 Å². The molecule has 6 heteroatoms. The number of H-pyrrole nitrogens is 1. The molecule has 1 aliphatic rings. The molecule has 1 fully saturated rings. The van der Waals surface area contributed by atoms with E-state index in [1.807, 2.05) is 6.20 Å². The van der Waals surface area contributed by atoms with E-state index < -0.39 is 6.10 Å². The molecule has 0 radical (unpaired) electrons. The normalized spacial score (nSPS) is 27.4. The van der Waals surface area contributed by atoms with Crippen LogP contribution in [0.25, 0.3) is 0 Å². The molecule has 100 valence electrons. The first kappa shape index (κ1) is 13.0. The quantitative estimate of drug-likeness (QED) is 0.673. The first-order valence-electron chi connectivity index (χ1n) is 6.24. The minimum Gasteiger partial charge on any atom is -0.391 e. The van der Waals surface area contributed by atoms with Gasteiger partial charge in [0, 0.05) is 31.7 Å². The zero-order valence-electron chi connectivity index (χ0n) is 10.5. The van der Waals surface area contributed by atoms with Crippen LogP contribution >= 0.6 is 0 Å². The number of nitrogens with one attached hydrogen (secondary N) is 1. The van der Waals surface area contributed by atoms with Crippen LogP contribution in [0.4, 0.5) is 0 Å². The number of carbonyl (C=O) groups is 1. The monoisotopic (exact) mass is 252 g/mol. The van der Waals surface area contributed by atoms with Crippen molar-refractivity contribution < 1.29 is 9.90 Å². The van der Waals surface area contributed by atoms with Crippen LogP contribution in [0.5, 0.6) is 0 Å². The second-order valence-corrected chi connectivity index (χ2v) is 5.02. The molecule has 1 aromatic rings. The van der Waals surface area contributed by atoms with Gasteiger partial charge in [-0.25, -0.2) is 0 Å². The van der Waals surface area contributed by atoms with Crippen molar-refractivity contribution in [1.29, 1.82) is 0 Å². The Kier molecular flexibility index (Phi) is 3.98. The van der Waals surface area contributed by atoms with Crippen molar-refractivity contribution in [2.75, 3.05) is 13.6 Å². The first-order valence-corrected chi connectivity index (χ1v) is 6.24. The number of nitrogens with two attached hydrogens (primary N) is 1. The van der Waals surface area contributed by atoms with Crippen LogP contribution in [0, 0.1) is 5.92 Å². The Morgan fingerprint density at radius 2 is 2.44 bits per heavy atom. The van der Waals surface area contributed by atoms with E-state index in [2.05, 4.69) is 10.2 Å². The second-order valence-electron chi connectivity index (χ2n) is 5.02. The third-order valence-electron chi connectivity index (χ3n) is 3.59. The fraction of sp³-hybridized carbons (Fsp3) is 0.667. The van der Waals surface area contributed by atoms with Gasteiger partial charge >= 0.3 is 0 Å². The molecule has 2 rings (SSSR count). The maximum atomic E-state index is 12.1. The number of amides is 1. The lowest BCUT2D eigenvalue weighted by molar-refractivity contribution is -0.134. The molecule has 0 aliphatic heterocycles. The Labute approximate surface area is 106 Å². The van der Waals surface area contributed by atoms with Gasteiger partial charge in [0.15, 0.2) is 0 Å². The van der Waals surface area contributed by atoms with Gasteiger partial charge in [-0.05, 0) is 24.8 Å². The number of aliphatic hydroxyl groups excluding tert-OH is 1. The van der Waals surface area contributed by atoms with Gasteiger partial charge in [0.2, 0.25) is 5.91 Å². The maximum absolute atomic E-state index is 12.1. The Morgan fingerprint density at radius 3 is 3.00 bits per heavy atom. The topological polar surface area (TPSA) is 95.2 Å². The van der Waals surface area contributed by atoms with Gasteiger partial charge in [0.25, 0.3) is 0 Å². The number of aromatic amines is 1. The molecule has 1 aromatic heterocycles. The molecule has 0 bridgehead atoms. The molecule has 0 unspecified atom stereocenters. The third-order valence-corrected chi connectivity index (χ3v) is 3.59. The Balaban J connectivity index is 1.82. The van der Waals surface area contributed by atoms with Crippen molar-refractivity contribution in [3.63, 3.8) is 0 Å². The molecule has 0 saturated heterocycles. The average molecular weight is 252 g/mol. The van der Waals surface area contributed by atoms with Crippen LogP contribution < -0.4 is 5.73 Å². The minimum absolute atomic E-state index is 0.0745. The first-order chi connectivity index (χ1) is 8.58. The Morgan fingerprint density at radius 1 is 1.67 bits per heavy atom. The van der Waals surface area contributed by atoms with Crippen LogP contribution in [-0.4, -0.2) is 51.8 Å². The second kappa shape index (κ2) is 5.49. The summed E-state index contributed by atoms with van der Waals surface area (Å²) in [5.41, 5.74) is 6.81. The molecule has 1 heterocycles. The van der Waals surface area contributed by atoms with Crippen molar-refractivity contribution in [3.05, 3.63) is 18.0 Å². The number of hydrogen-bond acceptors (Lipinski definition) is 4. The fourth-order valence-corrected chi connectivity index (χ4v) is 2.38. The number of carbonyl (C=O) groups excluding carboxylic acids is 1. The number of hydrogen-bond donors (Lipinski definition) is 3. The van der Waals surface area contributed by atoms with Crippen LogP contribution in [-0.2, 0) is 11.2 Å². The van der Waals surface area contributed by atoms with Crippen molar-refractivity contribution in [2.24, 2.45) is 11.7 Å². The molecular weight excluding hydrogens is 232 g/mol. The standard InChI is InChI=1S/C12H20N4O2/c1-16(3-2-8-6-14-15-7-8)12(18)9-4-10(13)11(17)5-9/h6-7,9-11,17H,2-5,13H2,1H3,(H,14,15)/t9-,10+,11+/m0/s1. The van der Waals surface area contributed by atoms with E-state index in [4.69, 9.17) is 5.73 Å². The van der Waals surface area contributed by atoms with E-state index in [9.17, 15) is 9.90 Å². The summed E-state index contributed by atoms with van der Waals surface area (Å²) in [6, 6.07) is -0.263. The number of aliphatic hydroxyl groups is 1. The van der Waals surface area contributed by atoms with Crippen molar-refractivity contribution in [1.82, 2.24) is 15.1 Å². The number of aromatic nitrogens is 2. The average Bonchev–Trinajstić information content (AvgIpc) is 2.96. The fourth-order valence-electron chi connectivity index (χ4n) is 2.38. The van der Waals surface area contributed by atoms with Crippen LogP contribution in [0.15, 0.2) is 12.4 Å². The summed E-state index contributed by atoms with van der Waals surface area (Å²) in [6.07, 6.45) is 4.88. The van der Waals surface area contributed by atoms with Gasteiger partial charge in [0.05, 0.1) is 12.3 Å². The van der Waals surface area contributed by atoms with Crippen LogP contribution in [0.2, 0.25) is 0 Å². The smallest absolute Gasteiger partial charge is 0.225 e. The molecule has 1 aliphatic carbocycles. The van der Waals surface area contributed by atoms with Gasteiger partial charge in [-0.1, -0.05) is 0 Å². The summed E-state index contributed by atoms with van der Waals surface area (Å²) in [5.74, 6) is -0.0603. The highest BCUT2D eigenvalue weighted by Gasteiger charge is 2.35. The number of nitrogens with zero attached hydrogens (tertiary/aromatic N) is 2. The van der Waals surface area contributed by atoms with Gasteiger partial charge in [-0.2, -0.15) is 5.10 Å². The molecule has 3 atom stereocenters. The molecule has 0 aromatic carbocycles. The zero-order chi connectivity index (χ0) is 13.1.